The van der Waals surface area contributed by atoms with Crippen molar-refractivity contribution in [3.8, 4) is 11.4 Å². The third kappa shape index (κ3) is 6.63. The molecule has 0 saturated carbocycles. The van der Waals surface area contributed by atoms with Crippen LogP contribution in [0.5, 0.6) is 5.75 Å². The van der Waals surface area contributed by atoms with Crippen LogP contribution in [-0.4, -0.2) is 63.9 Å². The van der Waals surface area contributed by atoms with Gasteiger partial charge in [0, 0.05) is 54.6 Å². The molecular weight excluding hydrogens is 628 g/mol. The number of ketones is 1. The Labute approximate surface area is 281 Å². The third-order valence-electron chi connectivity index (χ3n) is 8.52. The molecule has 0 aliphatic heterocycles. The van der Waals surface area contributed by atoms with Gasteiger partial charge in [-0.15, -0.1) is 0 Å². The second-order valence-electron chi connectivity index (χ2n) is 11.3. The Morgan fingerprint density at radius 2 is 1.57 bits per heavy atom. The fourth-order valence-corrected chi connectivity index (χ4v) is 5.90. The zero-order valence-electron chi connectivity index (χ0n) is 27.6. The summed E-state index contributed by atoms with van der Waals surface area (Å²) in [5.74, 6) is -0.708. The van der Waals surface area contributed by atoms with Gasteiger partial charge in [-0.05, 0) is 55.8 Å². The Morgan fingerprint density at radius 1 is 0.898 bits per heavy atom. The number of nitro groups is 1. The van der Waals surface area contributed by atoms with Crippen LogP contribution in [0, 0.1) is 10.1 Å². The van der Waals surface area contributed by atoms with Crippen molar-refractivity contribution in [3.63, 3.8) is 0 Å². The Kier molecular flexibility index (Phi) is 9.92. The lowest BCUT2D eigenvalue weighted by Crippen LogP contribution is -2.38. The van der Waals surface area contributed by atoms with Gasteiger partial charge in [0.1, 0.15) is 5.75 Å². The Morgan fingerprint density at radius 3 is 2.16 bits per heavy atom. The molecule has 2 N–H and O–H groups in total. The monoisotopic (exact) mass is 664 g/mol. The van der Waals surface area contributed by atoms with E-state index in [9.17, 15) is 29.3 Å². The number of imide groups is 1. The van der Waals surface area contributed by atoms with Crippen molar-refractivity contribution in [2.75, 3.05) is 32.1 Å². The summed E-state index contributed by atoms with van der Waals surface area (Å²) in [5.41, 5.74) is 7.68. The number of aromatic nitrogens is 2. The first-order valence-corrected chi connectivity index (χ1v) is 15.6. The van der Waals surface area contributed by atoms with Crippen LogP contribution in [0.1, 0.15) is 40.9 Å². The van der Waals surface area contributed by atoms with Crippen molar-refractivity contribution in [3.05, 3.63) is 128 Å². The molecule has 0 unspecified atom stereocenters. The number of rotatable bonds is 12. The fraction of sp³-hybridized carbons (Fsp3) is 0.222. The van der Waals surface area contributed by atoms with E-state index in [0.29, 0.717) is 28.1 Å². The van der Waals surface area contributed by atoms with Crippen LogP contribution >= 0.6 is 0 Å². The number of non-ortho nitro benzene ring substituents is 1. The number of nitrogens with two attached hydrogens (primary N) is 1. The number of nitrogens with zero attached hydrogens (tertiary/aromatic N) is 5. The van der Waals surface area contributed by atoms with E-state index < -0.39 is 22.6 Å². The van der Waals surface area contributed by atoms with Gasteiger partial charge < -0.3 is 15.4 Å². The maximum absolute atomic E-state index is 14.7. The fourth-order valence-electron chi connectivity index (χ4n) is 5.90. The number of likely N-dealkylation sites (N-methyl/N-ethyl adjacent to an activating group) is 1. The molecule has 0 aliphatic carbocycles. The summed E-state index contributed by atoms with van der Waals surface area (Å²) >= 11 is 0. The van der Waals surface area contributed by atoms with E-state index in [2.05, 4.69) is 4.90 Å². The van der Waals surface area contributed by atoms with Gasteiger partial charge in [0.2, 0.25) is 5.91 Å². The Bertz CT molecular complexity index is 2120. The minimum atomic E-state index is -0.957. The van der Waals surface area contributed by atoms with Crippen molar-refractivity contribution in [1.82, 2.24) is 14.0 Å². The van der Waals surface area contributed by atoms with Gasteiger partial charge in [-0.1, -0.05) is 36.4 Å². The highest BCUT2D eigenvalue weighted by Gasteiger charge is 2.27. The molecule has 49 heavy (non-hydrogen) atoms. The number of imidazole rings is 1. The number of carbonyl (C=O) groups is 3. The average molecular weight is 665 g/mol. The zero-order valence-corrected chi connectivity index (χ0v) is 27.6. The van der Waals surface area contributed by atoms with E-state index in [1.807, 2.05) is 26.0 Å². The maximum atomic E-state index is 14.7. The quantitative estimate of drug-likeness (QED) is 0.112. The van der Waals surface area contributed by atoms with Crippen molar-refractivity contribution >= 4 is 40.1 Å². The number of fused-ring (bicyclic) bond motifs is 1. The molecule has 5 aromatic rings. The Balaban J connectivity index is 1.86. The number of primary amides is 1. The number of benzene rings is 4. The molecule has 1 aromatic heterocycles. The predicted octanol–water partition coefficient (Wildman–Crippen LogP) is 4.91. The maximum Gasteiger partial charge on any atom is 0.334 e. The molecule has 13 heteroatoms. The number of anilines is 1. The van der Waals surface area contributed by atoms with Crippen molar-refractivity contribution in [1.29, 1.82) is 0 Å². The summed E-state index contributed by atoms with van der Waals surface area (Å²) in [4.78, 5) is 68.0. The number of ether oxygens (including phenoxy) is 1. The first-order chi connectivity index (χ1) is 23.5. The molecule has 0 aliphatic rings. The Hall–Kier alpha value is -6.24. The molecule has 0 fully saturated rings. The van der Waals surface area contributed by atoms with E-state index in [4.69, 9.17) is 10.5 Å². The zero-order chi connectivity index (χ0) is 35.4. The van der Waals surface area contributed by atoms with E-state index in [-0.39, 0.29) is 41.0 Å². The lowest BCUT2D eigenvalue weighted by Gasteiger charge is -2.21. The number of nitro benzene ring substituents is 1. The number of amides is 3. The molecule has 0 bridgehead atoms. The third-order valence-corrected chi connectivity index (χ3v) is 8.52. The van der Waals surface area contributed by atoms with Gasteiger partial charge in [-0.25, -0.2) is 9.59 Å². The second-order valence-corrected chi connectivity index (χ2v) is 11.3. The van der Waals surface area contributed by atoms with Gasteiger partial charge >= 0.3 is 11.7 Å². The molecule has 0 spiro atoms. The van der Waals surface area contributed by atoms with Gasteiger partial charge in [-0.3, -0.25) is 33.7 Å². The SMILES string of the molecule is CCN(CC)c1ccc(-n2c(=O)n(Cc3cc([N+](=O)[O-])ccc3OC)c3c(CC(=O)N(C)C(N)=O)ccc(C(=O)c4ccccc4)c32)cc1. The molecule has 1 heterocycles. The molecule has 0 radical (unpaired) electrons. The molecule has 4 aromatic carbocycles. The first-order valence-electron chi connectivity index (χ1n) is 15.6. The number of urea groups is 1. The van der Waals surface area contributed by atoms with E-state index in [1.165, 1.54) is 41.5 Å². The predicted molar refractivity (Wildman–Crippen MR) is 186 cm³/mol. The van der Waals surface area contributed by atoms with Crippen LogP contribution < -0.4 is 21.1 Å². The van der Waals surface area contributed by atoms with Crippen molar-refractivity contribution < 1.29 is 24.0 Å². The largest absolute Gasteiger partial charge is 0.496 e. The van der Waals surface area contributed by atoms with Crippen LogP contribution in [0.25, 0.3) is 16.7 Å². The molecule has 0 atom stereocenters. The molecule has 0 saturated heterocycles. The lowest BCUT2D eigenvalue weighted by atomic mass is 9.98. The standard InChI is InChI=1S/C36H36N6O7/c1-5-39(6-2)26-13-15-27(16-14-26)41-33-29(34(44)23-10-8-7-9-11-23)18-12-24(21-31(43)38(3)35(37)45)32(33)40(36(41)46)22-25-20-28(42(47)48)17-19-30(25)49-4/h7-20H,5-6,21-22H2,1-4H3,(H2,37,45). The van der Waals surface area contributed by atoms with Gasteiger partial charge in [0.15, 0.2) is 5.78 Å². The molecule has 252 valence electrons. The van der Waals surface area contributed by atoms with Crippen molar-refractivity contribution in [2.24, 2.45) is 5.73 Å². The normalized spacial score (nSPS) is 10.9. The minimum Gasteiger partial charge on any atom is -0.496 e. The van der Waals surface area contributed by atoms with Crippen LogP contribution in [0.4, 0.5) is 16.2 Å². The summed E-state index contributed by atoms with van der Waals surface area (Å²) in [5, 5.41) is 11.7. The van der Waals surface area contributed by atoms with E-state index in [1.54, 1.807) is 54.6 Å². The van der Waals surface area contributed by atoms with Gasteiger partial charge in [0.25, 0.3) is 5.69 Å². The minimum absolute atomic E-state index is 0.190. The summed E-state index contributed by atoms with van der Waals surface area (Å²) in [7, 11) is 2.66. The topological polar surface area (TPSA) is 163 Å². The molecule has 3 amide bonds. The second kappa shape index (κ2) is 14.3. The summed E-state index contributed by atoms with van der Waals surface area (Å²) in [6.07, 6.45) is -0.341. The van der Waals surface area contributed by atoms with Crippen LogP contribution in [0.15, 0.2) is 89.7 Å². The molecular formula is C36H36N6O7. The lowest BCUT2D eigenvalue weighted by molar-refractivity contribution is -0.384. The number of methoxy groups -OCH3 is 1. The molecule has 5 rings (SSSR count). The van der Waals surface area contributed by atoms with Gasteiger partial charge in [0.05, 0.1) is 41.7 Å². The molecule has 13 nitrogen and oxygen atoms in total. The van der Waals surface area contributed by atoms with E-state index in [0.717, 1.165) is 23.7 Å². The van der Waals surface area contributed by atoms with Crippen LogP contribution in [0.3, 0.4) is 0 Å². The highest BCUT2D eigenvalue weighted by Crippen LogP contribution is 2.31. The van der Waals surface area contributed by atoms with E-state index >= 15 is 0 Å². The smallest absolute Gasteiger partial charge is 0.334 e. The highest BCUT2D eigenvalue weighted by molar-refractivity contribution is 6.16. The summed E-state index contributed by atoms with van der Waals surface area (Å²) in [6.45, 7) is 5.41. The van der Waals surface area contributed by atoms with Crippen LogP contribution in [0.2, 0.25) is 0 Å². The van der Waals surface area contributed by atoms with Gasteiger partial charge in [-0.2, -0.15) is 0 Å². The average Bonchev–Trinajstić information content (AvgIpc) is 3.40. The first kappa shape index (κ1) is 34.1. The summed E-state index contributed by atoms with van der Waals surface area (Å²) < 4.78 is 8.28. The number of hydrogen-bond donors (Lipinski definition) is 1. The van der Waals surface area contributed by atoms with Crippen LogP contribution in [-0.2, 0) is 17.8 Å². The van der Waals surface area contributed by atoms with Crippen molar-refractivity contribution in [2.45, 2.75) is 26.8 Å². The number of hydrogen-bond acceptors (Lipinski definition) is 8. The summed E-state index contributed by atoms with van der Waals surface area (Å²) in [6, 6.07) is 22.1. The number of carbonyl (C=O) groups excluding carboxylic acids is 3. The highest BCUT2D eigenvalue weighted by atomic mass is 16.6.